The molecule has 114 valence electrons. The monoisotopic (exact) mass is 289 g/mol. The first-order chi connectivity index (χ1) is 9.26. The number of urea groups is 1. The van der Waals surface area contributed by atoms with Crippen LogP contribution in [0.4, 0.5) is 4.79 Å². The molecule has 0 spiro atoms. The lowest BCUT2D eigenvalue weighted by atomic mass is 10.2. The van der Waals surface area contributed by atoms with Crippen LogP contribution in [0.15, 0.2) is 0 Å². The molecule has 0 aromatic heterocycles. The van der Waals surface area contributed by atoms with E-state index in [-0.39, 0.29) is 12.6 Å². The molecule has 9 nitrogen and oxygen atoms in total. The third-order valence-corrected chi connectivity index (χ3v) is 2.06. The summed E-state index contributed by atoms with van der Waals surface area (Å²) < 4.78 is 4.32. The van der Waals surface area contributed by atoms with Crippen LogP contribution in [0, 0.1) is 0 Å². The van der Waals surface area contributed by atoms with Gasteiger partial charge < -0.3 is 25.8 Å². The van der Waals surface area contributed by atoms with E-state index in [1.165, 1.54) is 0 Å². The predicted molar refractivity (Wildman–Crippen MR) is 67.9 cm³/mol. The maximum atomic E-state index is 11.4. The Kier molecular flexibility index (Phi) is 7.71. The molecule has 1 atom stereocenters. The summed E-state index contributed by atoms with van der Waals surface area (Å²) in [6.07, 6.45) is -0.503. The van der Waals surface area contributed by atoms with Crippen LogP contribution in [0.1, 0.15) is 20.3 Å². The summed E-state index contributed by atoms with van der Waals surface area (Å²) in [7, 11) is 1.11. The maximum absolute atomic E-state index is 11.4. The summed E-state index contributed by atoms with van der Waals surface area (Å²) in [5, 5.41) is 15.6. The van der Waals surface area contributed by atoms with E-state index in [1.54, 1.807) is 13.8 Å². The first-order valence-electron chi connectivity index (χ1n) is 5.89. The molecule has 0 fully saturated rings. The SMILES string of the molecule is COC(=O)C[C@H](NC(=O)NCC(=O)NC(C)C)C(=O)O. The zero-order chi connectivity index (χ0) is 15.7. The summed E-state index contributed by atoms with van der Waals surface area (Å²) in [6, 6.07) is -2.35. The van der Waals surface area contributed by atoms with Gasteiger partial charge in [0.05, 0.1) is 20.1 Å². The van der Waals surface area contributed by atoms with Gasteiger partial charge in [-0.1, -0.05) is 0 Å². The number of methoxy groups -OCH3 is 1. The van der Waals surface area contributed by atoms with Crippen molar-refractivity contribution in [2.24, 2.45) is 0 Å². The average molecular weight is 289 g/mol. The van der Waals surface area contributed by atoms with Crippen LogP contribution in [-0.2, 0) is 19.1 Å². The van der Waals surface area contributed by atoms with Gasteiger partial charge in [0.2, 0.25) is 5.91 Å². The fourth-order valence-corrected chi connectivity index (χ4v) is 1.19. The number of ether oxygens (including phenoxy) is 1. The minimum Gasteiger partial charge on any atom is -0.480 e. The van der Waals surface area contributed by atoms with Crippen molar-refractivity contribution in [3.63, 3.8) is 0 Å². The molecule has 3 amide bonds. The Bertz CT molecular complexity index is 382. The van der Waals surface area contributed by atoms with Crippen molar-refractivity contribution < 1.29 is 29.0 Å². The van der Waals surface area contributed by atoms with Crippen molar-refractivity contribution >= 4 is 23.9 Å². The summed E-state index contributed by atoms with van der Waals surface area (Å²) in [4.78, 5) is 44.5. The number of carbonyl (C=O) groups excluding carboxylic acids is 3. The van der Waals surface area contributed by atoms with E-state index in [9.17, 15) is 19.2 Å². The van der Waals surface area contributed by atoms with Gasteiger partial charge in [0.1, 0.15) is 6.04 Å². The highest BCUT2D eigenvalue weighted by atomic mass is 16.5. The number of aliphatic carboxylic acids is 1. The van der Waals surface area contributed by atoms with Crippen molar-refractivity contribution in [1.82, 2.24) is 16.0 Å². The molecule has 0 aliphatic carbocycles. The molecule has 9 heteroatoms. The predicted octanol–water partition coefficient (Wildman–Crippen LogP) is -1.17. The largest absolute Gasteiger partial charge is 0.480 e. The van der Waals surface area contributed by atoms with Gasteiger partial charge in [-0.15, -0.1) is 0 Å². The Morgan fingerprint density at radius 1 is 1.15 bits per heavy atom. The second-order valence-corrected chi connectivity index (χ2v) is 4.22. The number of rotatable bonds is 7. The van der Waals surface area contributed by atoms with E-state index in [1.807, 2.05) is 0 Å². The maximum Gasteiger partial charge on any atom is 0.326 e. The molecule has 0 aromatic carbocycles. The van der Waals surface area contributed by atoms with Crippen LogP contribution in [0.3, 0.4) is 0 Å². The van der Waals surface area contributed by atoms with Crippen LogP contribution >= 0.6 is 0 Å². The lowest BCUT2D eigenvalue weighted by Crippen LogP contribution is -2.49. The topological polar surface area (TPSA) is 134 Å². The lowest BCUT2D eigenvalue weighted by molar-refractivity contribution is -0.147. The molecule has 0 bridgehead atoms. The van der Waals surface area contributed by atoms with E-state index in [0.29, 0.717) is 0 Å². The summed E-state index contributed by atoms with van der Waals surface area (Å²) in [5.74, 6) is -2.55. The van der Waals surface area contributed by atoms with E-state index in [0.717, 1.165) is 7.11 Å². The van der Waals surface area contributed by atoms with Crippen LogP contribution in [0.2, 0.25) is 0 Å². The average Bonchev–Trinajstić information content (AvgIpc) is 2.34. The summed E-state index contributed by atoms with van der Waals surface area (Å²) in [6.45, 7) is 3.22. The number of carboxylic acids is 1. The number of carbonyl (C=O) groups is 4. The smallest absolute Gasteiger partial charge is 0.326 e. The van der Waals surface area contributed by atoms with E-state index in [2.05, 4.69) is 20.7 Å². The van der Waals surface area contributed by atoms with Crippen molar-refractivity contribution in [2.75, 3.05) is 13.7 Å². The number of hydrogen-bond acceptors (Lipinski definition) is 5. The zero-order valence-corrected chi connectivity index (χ0v) is 11.6. The molecule has 0 saturated heterocycles. The van der Waals surface area contributed by atoms with Crippen LogP contribution in [0.25, 0.3) is 0 Å². The van der Waals surface area contributed by atoms with Crippen LogP contribution < -0.4 is 16.0 Å². The minimum absolute atomic E-state index is 0.0709. The number of esters is 1. The number of amides is 3. The van der Waals surface area contributed by atoms with Gasteiger partial charge >= 0.3 is 18.0 Å². The fourth-order valence-electron chi connectivity index (χ4n) is 1.19. The zero-order valence-electron chi connectivity index (χ0n) is 11.6. The highest BCUT2D eigenvalue weighted by molar-refractivity contribution is 5.88. The Morgan fingerprint density at radius 2 is 1.75 bits per heavy atom. The molecule has 0 rings (SSSR count). The Labute approximate surface area is 116 Å². The normalized spacial score (nSPS) is 11.4. The third kappa shape index (κ3) is 7.90. The van der Waals surface area contributed by atoms with Gasteiger partial charge in [0.25, 0.3) is 0 Å². The molecule has 4 N–H and O–H groups in total. The molecule has 0 aromatic rings. The molecule has 0 aliphatic rings. The second kappa shape index (κ2) is 8.73. The Morgan fingerprint density at radius 3 is 2.20 bits per heavy atom. The van der Waals surface area contributed by atoms with Crippen molar-refractivity contribution in [1.29, 1.82) is 0 Å². The Hall–Kier alpha value is -2.32. The number of hydrogen-bond donors (Lipinski definition) is 4. The first kappa shape index (κ1) is 17.7. The summed E-state index contributed by atoms with van der Waals surface area (Å²) >= 11 is 0. The van der Waals surface area contributed by atoms with Gasteiger partial charge in [0, 0.05) is 6.04 Å². The molecule has 20 heavy (non-hydrogen) atoms. The fraction of sp³-hybridized carbons (Fsp3) is 0.636. The van der Waals surface area contributed by atoms with Gasteiger partial charge in [-0.2, -0.15) is 0 Å². The standard InChI is InChI=1S/C11H19N3O6/c1-6(2)13-8(15)5-12-11(19)14-7(10(17)18)4-9(16)20-3/h6-7H,4-5H2,1-3H3,(H,13,15)(H,17,18)(H2,12,14,19)/t7-/m0/s1. The van der Waals surface area contributed by atoms with Crippen LogP contribution in [0.5, 0.6) is 0 Å². The molecule has 0 unspecified atom stereocenters. The lowest BCUT2D eigenvalue weighted by Gasteiger charge is -2.14. The van der Waals surface area contributed by atoms with E-state index < -0.39 is 36.3 Å². The van der Waals surface area contributed by atoms with Gasteiger partial charge in [-0.3, -0.25) is 9.59 Å². The molecular formula is C11H19N3O6. The second-order valence-electron chi connectivity index (χ2n) is 4.22. The van der Waals surface area contributed by atoms with E-state index >= 15 is 0 Å². The molecule has 0 aliphatic heterocycles. The number of carboxylic acid groups (broad SMARTS) is 1. The number of nitrogens with one attached hydrogen (secondary N) is 3. The van der Waals surface area contributed by atoms with Crippen molar-refractivity contribution in [3.05, 3.63) is 0 Å². The van der Waals surface area contributed by atoms with Gasteiger partial charge in [-0.05, 0) is 13.8 Å². The van der Waals surface area contributed by atoms with Gasteiger partial charge in [0.15, 0.2) is 0 Å². The highest BCUT2D eigenvalue weighted by Gasteiger charge is 2.23. The van der Waals surface area contributed by atoms with Gasteiger partial charge in [-0.25, -0.2) is 9.59 Å². The first-order valence-corrected chi connectivity index (χ1v) is 5.89. The van der Waals surface area contributed by atoms with Crippen molar-refractivity contribution in [2.45, 2.75) is 32.4 Å². The van der Waals surface area contributed by atoms with Crippen LogP contribution in [-0.4, -0.2) is 54.7 Å². The molecule has 0 radical (unpaired) electrons. The third-order valence-electron chi connectivity index (χ3n) is 2.06. The van der Waals surface area contributed by atoms with E-state index in [4.69, 9.17) is 5.11 Å². The highest BCUT2D eigenvalue weighted by Crippen LogP contribution is 1.95. The minimum atomic E-state index is -1.42. The quantitative estimate of drug-likeness (QED) is 0.436. The molecule has 0 heterocycles. The summed E-state index contributed by atoms with van der Waals surface area (Å²) in [5.41, 5.74) is 0. The molecule has 0 saturated carbocycles. The molecular weight excluding hydrogens is 270 g/mol. The van der Waals surface area contributed by atoms with Crippen molar-refractivity contribution in [3.8, 4) is 0 Å². The Balaban J connectivity index is 4.23.